The second-order valence-corrected chi connectivity index (χ2v) is 6.70. The summed E-state index contributed by atoms with van der Waals surface area (Å²) >= 11 is 1.85. The lowest BCUT2D eigenvalue weighted by molar-refractivity contribution is 0.861. The minimum Gasteiger partial charge on any atom is -0.0901 e. The number of benzene rings is 2. The molecule has 0 spiro atoms. The van der Waals surface area contributed by atoms with Crippen LogP contribution in [0, 0.1) is 0 Å². The van der Waals surface area contributed by atoms with Gasteiger partial charge < -0.3 is 0 Å². The molecule has 1 heteroatoms. The van der Waals surface area contributed by atoms with Gasteiger partial charge in [0.15, 0.2) is 0 Å². The van der Waals surface area contributed by atoms with E-state index in [1.807, 2.05) is 11.8 Å². The molecule has 0 saturated heterocycles. The molecule has 0 N–H and O–H groups in total. The van der Waals surface area contributed by atoms with Crippen LogP contribution >= 0.6 is 11.8 Å². The van der Waals surface area contributed by atoms with Crippen LogP contribution in [-0.2, 0) is 0 Å². The van der Waals surface area contributed by atoms with Crippen LogP contribution in [0.15, 0.2) is 58.3 Å². The maximum atomic E-state index is 2.30. The summed E-state index contributed by atoms with van der Waals surface area (Å²) in [5.74, 6) is 1.17. The lowest BCUT2D eigenvalue weighted by atomic mass is 10.0. The Morgan fingerprint density at radius 2 is 1.11 bits per heavy atom. The van der Waals surface area contributed by atoms with Crippen molar-refractivity contribution < 1.29 is 0 Å². The third kappa shape index (κ3) is 3.87. The molecule has 0 aliphatic rings. The van der Waals surface area contributed by atoms with Gasteiger partial charge in [0, 0.05) is 9.79 Å². The Labute approximate surface area is 121 Å². The zero-order valence-electron chi connectivity index (χ0n) is 12.2. The van der Waals surface area contributed by atoms with Crippen LogP contribution in [0.4, 0.5) is 0 Å². The Morgan fingerprint density at radius 1 is 0.684 bits per heavy atom. The average molecular weight is 270 g/mol. The van der Waals surface area contributed by atoms with Gasteiger partial charge in [-0.1, -0.05) is 63.7 Å². The molecule has 0 amide bonds. The highest BCUT2D eigenvalue weighted by Gasteiger charge is 2.04. The predicted octanol–water partition coefficient (Wildman–Crippen LogP) is 6.08. The quantitative estimate of drug-likeness (QED) is 0.648. The Hall–Kier alpha value is -1.21. The van der Waals surface area contributed by atoms with E-state index in [0.717, 1.165) is 0 Å². The largest absolute Gasteiger partial charge is 0.0901 e. The van der Waals surface area contributed by atoms with Gasteiger partial charge >= 0.3 is 0 Å². The molecule has 0 nitrogen and oxygen atoms in total. The van der Waals surface area contributed by atoms with Crippen LogP contribution in [0.1, 0.15) is 50.7 Å². The van der Waals surface area contributed by atoms with E-state index < -0.39 is 0 Å². The highest BCUT2D eigenvalue weighted by atomic mass is 32.2. The van der Waals surface area contributed by atoms with Crippen molar-refractivity contribution in [1.82, 2.24) is 0 Å². The molecule has 2 aromatic carbocycles. The van der Waals surface area contributed by atoms with Gasteiger partial charge in [0.25, 0.3) is 0 Å². The minimum absolute atomic E-state index is 0.586. The molecular formula is C18H22S. The van der Waals surface area contributed by atoms with Crippen LogP contribution < -0.4 is 0 Å². The zero-order chi connectivity index (χ0) is 13.8. The van der Waals surface area contributed by atoms with E-state index in [9.17, 15) is 0 Å². The maximum absolute atomic E-state index is 2.30. The molecule has 2 rings (SSSR count). The molecule has 0 atom stereocenters. The highest BCUT2D eigenvalue weighted by Crippen LogP contribution is 2.31. The lowest BCUT2D eigenvalue weighted by Crippen LogP contribution is -1.88. The van der Waals surface area contributed by atoms with Crippen LogP contribution in [0.5, 0.6) is 0 Å². The molecule has 100 valence electrons. The molecule has 0 fully saturated rings. The number of rotatable bonds is 4. The third-order valence-electron chi connectivity index (χ3n) is 3.29. The van der Waals surface area contributed by atoms with E-state index in [2.05, 4.69) is 76.2 Å². The van der Waals surface area contributed by atoms with E-state index in [1.54, 1.807) is 0 Å². The van der Waals surface area contributed by atoms with Crippen LogP contribution in [0.2, 0.25) is 0 Å². The predicted molar refractivity (Wildman–Crippen MR) is 85.2 cm³/mol. The van der Waals surface area contributed by atoms with Gasteiger partial charge in [-0.05, 0) is 47.2 Å². The van der Waals surface area contributed by atoms with Crippen molar-refractivity contribution in [1.29, 1.82) is 0 Å². The summed E-state index contributed by atoms with van der Waals surface area (Å²) < 4.78 is 0. The fourth-order valence-corrected chi connectivity index (χ4v) is 2.97. The van der Waals surface area contributed by atoms with E-state index in [-0.39, 0.29) is 0 Å². The van der Waals surface area contributed by atoms with E-state index >= 15 is 0 Å². The van der Waals surface area contributed by atoms with Gasteiger partial charge in [0.05, 0.1) is 0 Å². The fraction of sp³-hybridized carbons (Fsp3) is 0.333. The molecule has 0 aromatic heterocycles. The van der Waals surface area contributed by atoms with Crippen molar-refractivity contribution in [2.45, 2.75) is 49.3 Å². The van der Waals surface area contributed by atoms with Crippen molar-refractivity contribution in [3.05, 3.63) is 59.7 Å². The van der Waals surface area contributed by atoms with Gasteiger partial charge in [-0.15, -0.1) is 0 Å². The Bertz CT molecular complexity index is 491. The minimum atomic E-state index is 0.586. The molecular weight excluding hydrogens is 248 g/mol. The van der Waals surface area contributed by atoms with Crippen molar-refractivity contribution in [2.75, 3.05) is 0 Å². The third-order valence-corrected chi connectivity index (χ3v) is 4.26. The number of hydrogen-bond donors (Lipinski definition) is 0. The summed E-state index contributed by atoms with van der Waals surface area (Å²) in [6, 6.07) is 17.7. The normalized spacial score (nSPS) is 11.3. The Morgan fingerprint density at radius 3 is 1.47 bits per heavy atom. The first-order valence-electron chi connectivity index (χ1n) is 6.94. The van der Waals surface area contributed by atoms with Gasteiger partial charge in [0.1, 0.15) is 0 Å². The van der Waals surface area contributed by atoms with Crippen LogP contribution in [0.25, 0.3) is 0 Å². The summed E-state index contributed by atoms with van der Waals surface area (Å²) in [5.41, 5.74) is 2.81. The molecule has 0 heterocycles. The van der Waals surface area contributed by atoms with Crippen molar-refractivity contribution in [2.24, 2.45) is 0 Å². The van der Waals surface area contributed by atoms with Crippen LogP contribution in [0.3, 0.4) is 0 Å². The standard InChI is InChI=1S/C18H22S/c1-13(2)15-7-5-9-17(11-15)19-18-10-6-8-16(12-18)14(3)4/h5-14H,1-4H3. The maximum Gasteiger partial charge on any atom is 0.0125 e. The monoisotopic (exact) mass is 270 g/mol. The molecule has 0 unspecified atom stereocenters. The number of hydrogen-bond acceptors (Lipinski definition) is 1. The first-order chi connectivity index (χ1) is 9.06. The summed E-state index contributed by atoms with van der Waals surface area (Å²) in [7, 11) is 0. The fourth-order valence-electron chi connectivity index (χ4n) is 2.01. The molecule has 0 aliphatic carbocycles. The van der Waals surface area contributed by atoms with E-state index in [0.29, 0.717) is 11.8 Å². The van der Waals surface area contributed by atoms with Gasteiger partial charge in [-0.25, -0.2) is 0 Å². The molecule has 0 saturated carbocycles. The van der Waals surface area contributed by atoms with E-state index in [1.165, 1.54) is 20.9 Å². The first kappa shape index (κ1) is 14.2. The molecule has 0 bridgehead atoms. The van der Waals surface area contributed by atoms with Crippen molar-refractivity contribution in [3.8, 4) is 0 Å². The summed E-state index contributed by atoms with van der Waals surface area (Å²) in [4.78, 5) is 2.65. The zero-order valence-corrected chi connectivity index (χ0v) is 13.0. The second kappa shape index (κ2) is 6.29. The summed E-state index contributed by atoms with van der Waals surface area (Å²) in [5, 5.41) is 0. The molecule has 2 aromatic rings. The van der Waals surface area contributed by atoms with Crippen LogP contribution in [-0.4, -0.2) is 0 Å². The average Bonchev–Trinajstić information content (AvgIpc) is 2.39. The van der Waals surface area contributed by atoms with Crippen molar-refractivity contribution >= 4 is 11.8 Å². The highest BCUT2D eigenvalue weighted by molar-refractivity contribution is 7.99. The van der Waals surface area contributed by atoms with Gasteiger partial charge in [-0.3, -0.25) is 0 Å². The Kier molecular flexibility index (Phi) is 4.71. The smallest absolute Gasteiger partial charge is 0.0125 e. The van der Waals surface area contributed by atoms with E-state index in [4.69, 9.17) is 0 Å². The molecule has 0 aliphatic heterocycles. The molecule has 19 heavy (non-hydrogen) atoms. The SMILES string of the molecule is CC(C)c1cccc(Sc2cccc(C(C)C)c2)c1. The molecule has 0 radical (unpaired) electrons. The lowest BCUT2D eigenvalue weighted by Gasteiger charge is -2.10. The first-order valence-corrected chi connectivity index (χ1v) is 7.75. The second-order valence-electron chi connectivity index (χ2n) is 5.56. The van der Waals surface area contributed by atoms with Gasteiger partial charge in [0.2, 0.25) is 0 Å². The topological polar surface area (TPSA) is 0 Å². The Balaban J connectivity index is 2.21. The van der Waals surface area contributed by atoms with Crippen molar-refractivity contribution in [3.63, 3.8) is 0 Å². The summed E-state index contributed by atoms with van der Waals surface area (Å²) in [6.45, 7) is 8.96. The van der Waals surface area contributed by atoms with Gasteiger partial charge in [-0.2, -0.15) is 0 Å². The summed E-state index contributed by atoms with van der Waals surface area (Å²) in [6.07, 6.45) is 0.